The Morgan fingerprint density at radius 1 is 1.15 bits per heavy atom. The predicted octanol–water partition coefficient (Wildman–Crippen LogP) is 5.10. The van der Waals surface area contributed by atoms with E-state index in [1.54, 1.807) is 24.6 Å². The molecular formula is C19H20Cl2N2O2S. The minimum Gasteiger partial charge on any atom is -0.493 e. The van der Waals surface area contributed by atoms with Gasteiger partial charge in [-0.1, -0.05) is 23.7 Å². The highest BCUT2D eigenvalue weighted by Gasteiger charge is 2.12. The van der Waals surface area contributed by atoms with Crippen molar-refractivity contribution >= 4 is 35.3 Å². The number of methoxy groups -OCH3 is 1. The fraction of sp³-hybridized carbons (Fsp3) is 0.211. The Morgan fingerprint density at radius 3 is 2.69 bits per heavy atom. The van der Waals surface area contributed by atoms with Gasteiger partial charge in [0.1, 0.15) is 6.61 Å². The molecule has 2 aromatic heterocycles. The van der Waals surface area contributed by atoms with Gasteiger partial charge in [0.25, 0.3) is 0 Å². The molecule has 0 aliphatic heterocycles. The van der Waals surface area contributed by atoms with Crippen LogP contribution in [0.4, 0.5) is 0 Å². The van der Waals surface area contributed by atoms with Crippen LogP contribution in [0, 0.1) is 0 Å². The molecule has 0 bridgehead atoms. The lowest BCUT2D eigenvalue weighted by Gasteiger charge is -2.14. The molecule has 3 aromatic rings. The van der Waals surface area contributed by atoms with Crippen molar-refractivity contribution in [1.29, 1.82) is 0 Å². The van der Waals surface area contributed by atoms with Gasteiger partial charge in [0, 0.05) is 30.4 Å². The van der Waals surface area contributed by atoms with Gasteiger partial charge in [-0.15, -0.1) is 23.7 Å². The summed E-state index contributed by atoms with van der Waals surface area (Å²) in [5.74, 6) is 1.22. The molecule has 0 aliphatic rings. The van der Waals surface area contributed by atoms with Gasteiger partial charge in [0.05, 0.1) is 12.1 Å². The van der Waals surface area contributed by atoms with Crippen molar-refractivity contribution in [2.24, 2.45) is 0 Å². The number of thiophene rings is 1. The molecule has 2 heterocycles. The molecule has 1 N–H and O–H groups in total. The standard InChI is InChI=1S/C19H19ClN2O2S.ClH/c1-23-18-9-15(12-22-11-14-4-2-6-21-10-14)8-17(20)19(18)24-13-16-5-3-7-25-16;/h2-10,22H,11-13H2,1H3;1H. The molecule has 138 valence electrons. The third-order valence-corrected chi connectivity index (χ3v) is 4.74. The summed E-state index contributed by atoms with van der Waals surface area (Å²) in [6.45, 7) is 1.90. The van der Waals surface area contributed by atoms with Crippen molar-refractivity contribution in [3.8, 4) is 11.5 Å². The lowest BCUT2D eigenvalue weighted by molar-refractivity contribution is 0.287. The average molecular weight is 411 g/mol. The second-order valence-corrected chi connectivity index (χ2v) is 6.88. The van der Waals surface area contributed by atoms with Crippen molar-refractivity contribution in [3.63, 3.8) is 0 Å². The summed E-state index contributed by atoms with van der Waals surface area (Å²) in [6.07, 6.45) is 3.62. The van der Waals surface area contributed by atoms with E-state index in [9.17, 15) is 0 Å². The van der Waals surface area contributed by atoms with E-state index in [1.807, 2.05) is 48.0 Å². The summed E-state index contributed by atoms with van der Waals surface area (Å²) in [4.78, 5) is 5.25. The van der Waals surface area contributed by atoms with Crippen LogP contribution in [0.1, 0.15) is 16.0 Å². The molecule has 0 amide bonds. The highest BCUT2D eigenvalue weighted by Crippen LogP contribution is 2.37. The zero-order valence-corrected chi connectivity index (χ0v) is 16.7. The molecule has 0 radical (unpaired) electrons. The number of hydrogen-bond donors (Lipinski definition) is 1. The molecule has 3 rings (SSSR count). The van der Waals surface area contributed by atoms with Gasteiger partial charge < -0.3 is 14.8 Å². The van der Waals surface area contributed by atoms with Gasteiger partial charge in [-0.05, 0) is 40.8 Å². The Hall–Kier alpha value is -1.79. The van der Waals surface area contributed by atoms with Crippen LogP contribution in [0.2, 0.25) is 5.02 Å². The van der Waals surface area contributed by atoms with E-state index < -0.39 is 0 Å². The van der Waals surface area contributed by atoms with Crippen molar-refractivity contribution in [1.82, 2.24) is 10.3 Å². The summed E-state index contributed by atoms with van der Waals surface area (Å²) >= 11 is 8.06. The van der Waals surface area contributed by atoms with E-state index in [0.29, 0.717) is 29.7 Å². The molecule has 0 spiro atoms. The molecule has 0 atom stereocenters. The van der Waals surface area contributed by atoms with Crippen LogP contribution >= 0.6 is 35.3 Å². The molecule has 0 saturated heterocycles. The first-order chi connectivity index (χ1) is 12.3. The Kier molecular flexibility index (Phi) is 8.19. The average Bonchev–Trinajstić information content (AvgIpc) is 3.15. The maximum Gasteiger partial charge on any atom is 0.180 e. The second kappa shape index (κ2) is 10.4. The van der Waals surface area contributed by atoms with Gasteiger partial charge in [0.2, 0.25) is 0 Å². The number of benzene rings is 1. The number of rotatable bonds is 8. The number of pyridine rings is 1. The first-order valence-corrected chi connectivity index (χ1v) is 9.13. The van der Waals surface area contributed by atoms with E-state index >= 15 is 0 Å². The number of nitrogens with one attached hydrogen (secondary N) is 1. The van der Waals surface area contributed by atoms with Crippen LogP contribution in [0.15, 0.2) is 54.2 Å². The molecular weight excluding hydrogens is 391 g/mol. The SMILES string of the molecule is COc1cc(CNCc2cccnc2)cc(Cl)c1OCc1cccs1.Cl. The third kappa shape index (κ3) is 5.61. The summed E-state index contributed by atoms with van der Waals surface area (Å²) < 4.78 is 11.3. The fourth-order valence-corrected chi connectivity index (χ4v) is 3.31. The molecule has 0 aliphatic carbocycles. The Morgan fingerprint density at radius 2 is 2.00 bits per heavy atom. The van der Waals surface area contributed by atoms with Crippen molar-refractivity contribution in [3.05, 3.63) is 75.2 Å². The summed E-state index contributed by atoms with van der Waals surface area (Å²) in [5.41, 5.74) is 2.17. The smallest absolute Gasteiger partial charge is 0.180 e. The van der Waals surface area contributed by atoms with Crippen molar-refractivity contribution in [2.75, 3.05) is 7.11 Å². The Bertz CT molecular complexity index is 799. The van der Waals surface area contributed by atoms with Gasteiger partial charge in [-0.25, -0.2) is 0 Å². The summed E-state index contributed by atoms with van der Waals surface area (Å²) in [5, 5.41) is 5.95. The number of aromatic nitrogens is 1. The minimum absolute atomic E-state index is 0. The Labute approximate surface area is 168 Å². The van der Waals surface area contributed by atoms with Crippen LogP contribution in [0.3, 0.4) is 0 Å². The molecule has 0 fully saturated rings. The fourth-order valence-electron chi connectivity index (χ4n) is 2.41. The van der Waals surface area contributed by atoms with Crippen LogP contribution in [-0.4, -0.2) is 12.1 Å². The highest BCUT2D eigenvalue weighted by molar-refractivity contribution is 7.09. The maximum absolute atomic E-state index is 6.41. The van der Waals surface area contributed by atoms with Crippen LogP contribution in [0.5, 0.6) is 11.5 Å². The summed E-state index contributed by atoms with van der Waals surface area (Å²) in [7, 11) is 1.62. The lowest BCUT2D eigenvalue weighted by atomic mass is 10.2. The first-order valence-electron chi connectivity index (χ1n) is 7.87. The lowest BCUT2D eigenvalue weighted by Crippen LogP contribution is -2.13. The molecule has 0 saturated carbocycles. The topological polar surface area (TPSA) is 43.4 Å². The predicted molar refractivity (Wildman–Crippen MR) is 109 cm³/mol. The van der Waals surface area contributed by atoms with E-state index in [0.717, 1.165) is 22.5 Å². The highest BCUT2D eigenvalue weighted by atomic mass is 35.5. The monoisotopic (exact) mass is 410 g/mol. The quantitative estimate of drug-likeness (QED) is 0.561. The van der Waals surface area contributed by atoms with E-state index in [-0.39, 0.29) is 12.4 Å². The first kappa shape index (κ1) is 20.5. The van der Waals surface area contributed by atoms with Gasteiger partial charge >= 0.3 is 0 Å². The normalized spacial score (nSPS) is 10.2. The Balaban J connectivity index is 0.00000243. The third-order valence-electron chi connectivity index (χ3n) is 3.61. The van der Waals surface area contributed by atoms with E-state index in [1.165, 1.54) is 0 Å². The van der Waals surface area contributed by atoms with Crippen LogP contribution < -0.4 is 14.8 Å². The van der Waals surface area contributed by atoms with Gasteiger partial charge in [0.15, 0.2) is 11.5 Å². The zero-order valence-electron chi connectivity index (χ0n) is 14.3. The molecule has 4 nitrogen and oxygen atoms in total. The van der Waals surface area contributed by atoms with Gasteiger partial charge in [-0.2, -0.15) is 0 Å². The minimum atomic E-state index is 0. The largest absolute Gasteiger partial charge is 0.493 e. The van der Waals surface area contributed by atoms with Crippen LogP contribution in [-0.2, 0) is 19.7 Å². The number of hydrogen-bond acceptors (Lipinski definition) is 5. The number of nitrogens with zero attached hydrogens (tertiary/aromatic N) is 1. The molecule has 26 heavy (non-hydrogen) atoms. The zero-order chi connectivity index (χ0) is 17.5. The number of halogens is 2. The van der Waals surface area contributed by atoms with Crippen LogP contribution in [0.25, 0.3) is 0 Å². The van der Waals surface area contributed by atoms with Gasteiger partial charge in [-0.3, -0.25) is 4.98 Å². The van der Waals surface area contributed by atoms with E-state index in [4.69, 9.17) is 21.1 Å². The molecule has 0 unspecified atom stereocenters. The summed E-state index contributed by atoms with van der Waals surface area (Å²) in [6, 6.07) is 11.8. The van der Waals surface area contributed by atoms with Crippen molar-refractivity contribution in [2.45, 2.75) is 19.7 Å². The molecule has 1 aromatic carbocycles. The van der Waals surface area contributed by atoms with E-state index in [2.05, 4.69) is 10.3 Å². The van der Waals surface area contributed by atoms with Crippen molar-refractivity contribution < 1.29 is 9.47 Å². The number of ether oxygens (including phenoxy) is 2. The molecule has 7 heteroatoms. The maximum atomic E-state index is 6.41. The second-order valence-electron chi connectivity index (χ2n) is 5.44.